The van der Waals surface area contributed by atoms with Crippen LogP contribution in [0, 0.1) is 0 Å². The molecule has 0 spiro atoms. The van der Waals surface area contributed by atoms with Crippen LogP contribution in [0.25, 0.3) is 0 Å². The van der Waals surface area contributed by atoms with E-state index in [0.29, 0.717) is 22.3 Å². The minimum atomic E-state index is 0.0313. The highest BCUT2D eigenvalue weighted by Gasteiger charge is 2.23. The molecule has 0 saturated heterocycles. The summed E-state index contributed by atoms with van der Waals surface area (Å²) in [5, 5.41) is 0.442. The first-order valence-corrected chi connectivity index (χ1v) is 6.79. The second-order valence-corrected chi connectivity index (χ2v) is 5.35. The minimum Gasteiger partial charge on any atom is -0.398 e. The molecule has 18 heavy (non-hydrogen) atoms. The van der Waals surface area contributed by atoms with E-state index in [4.69, 9.17) is 17.3 Å². The lowest BCUT2D eigenvalue weighted by molar-refractivity contribution is 0.0696. The van der Waals surface area contributed by atoms with Crippen molar-refractivity contribution in [3.63, 3.8) is 0 Å². The predicted molar refractivity (Wildman–Crippen MR) is 74.8 cm³/mol. The highest BCUT2D eigenvalue weighted by atomic mass is 35.5. The van der Waals surface area contributed by atoms with E-state index in [1.54, 1.807) is 18.2 Å². The van der Waals surface area contributed by atoms with Gasteiger partial charge in [-0.2, -0.15) is 0 Å². The average molecular weight is 267 g/mol. The van der Waals surface area contributed by atoms with Gasteiger partial charge in [0.1, 0.15) is 0 Å². The SMILES string of the molecule is CN(C(=O)c1ccc(N)c(Cl)c1)C1CCCCC1. The van der Waals surface area contributed by atoms with Gasteiger partial charge in [0.2, 0.25) is 0 Å². The van der Waals surface area contributed by atoms with Gasteiger partial charge in [0.15, 0.2) is 0 Å². The Hall–Kier alpha value is -1.22. The zero-order valence-electron chi connectivity index (χ0n) is 10.7. The maximum Gasteiger partial charge on any atom is 0.253 e. The van der Waals surface area contributed by atoms with Crippen molar-refractivity contribution in [3.8, 4) is 0 Å². The van der Waals surface area contributed by atoms with Crippen LogP contribution in [0.3, 0.4) is 0 Å². The number of hydrogen-bond donors (Lipinski definition) is 1. The Morgan fingerprint density at radius 2 is 2.00 bits per heavy atom. The van der Waals surface area contributed by atoms with Gasteiger partial charge in [0.05, 0.1) is 10.7 Å². The highest BCUT2D eigenvalue weighted by Crippen LogP contribution is 2.25. The number of rotatable bonds is 2. The van der Waals surface area contributed by atoms with Crippen LogP contribution in [-0.2, 0) is 0 Å². The number of amides is 1. The number of hydrogen-bond acceptors (Lipinski definition) is 2. The van der Waals surface area contributed by atoms with E-state index in [0.717, 1.165) is 12.8 Å². The second-order valence-electron chi connectivity index (χ2n) is 4.94. The molecule has 1 amide bonds. The summed E-state index contributed by atoms with van der Waals surface area (Å²) < 4.78 is 0. The molecule has 2 N–H and O–H groups in total. The van der Waals surface area contributed by atoms with Crippen LogP contribution in [0.1, 0.15) is 42.5 Å². The lowest BCUT2D eigenvalue weighted by Crippen LogP contribution is -2.38. The van der Waals surface area contributed by atoms with Crippen LogP contribution < -0.4 is 5.73 Å². The standard InChI is InChI=1S/C14H19ClN2O/c1-17(11-5-3-2-4-6-11)14(18)10-7-8-13(16)12(15)9-10/h7-9,11H,2-6,16H2,1H3. The monoisotopic (exact) mass is 266 g/mol. The average Bonchev–Trinajstić information content (AvgIpc) is 2.41. The summed E-state index contributed by atoms with van der Waals surface area (Å²) in [4.78, 5) is 14.2. The van der Waals surface area contributed by atoms with E-state index in [1.165, 1.54) is 19.3 Å². The van der Waals surface area contributed by atoms with Crippen molar-refractivity contribution < 1.29 is 4.79 Å². The molecule has 0 aliphatic heterocycles. The van der Waals surface area contributed by atoms with Crippen molar-refractivity contribution in [2.75, 3.05) is 12.8 Å². The van der Waals surface area contributed by atoms with Crippen LogP contribution in [0.2, 0.25) is 5.02 Å². The van der Waals surface area contributed by atoms with E-state index in [2.05, 4.69) is 0 Å². The van der Waals surface area contributed by atoms with Gasteiger partial charge < -0.3 is 10.6 Å². The largest absolute Gasteiger partial charge is 0.398 e. The Morgan fingerprint density at radius 1 is 1.33 bits per heavy atom. The maximum absolute atomic E-state index is 12.3. The van der Waals surface area contributed by atoms with Gasteiger partial charge >= 0.3 is 0 Å². The Morgan fingerprint density at radius 3 is 2.61 bits per heavy atom. The summed E-state index contributed by atoms with van der Waals surface area (Å²) in [6.07, 6.45) is 5.91. The van der Waals surface area contributed by atoms with Crippen molar-refractivity contribution in [1.82, 2.24) is 4.90 Å². The lowest BCUT2D eigenvalue weighted by Gasteiger charge is -2.31. The first kappa shape index (κ1) is 13.2. The fourth-order valence-corrected chi connectivity index (χ4v) is 2.68. The Bertz CT molecular complexity index is 441. The first-order chi connectivity index (χ1) is 8.59. The molecule has 0 aromatic heterocycles. The summed E-state index contributed by atoms with van der Waals surface area (Å²) >= 11 is 5.95. The summed E-state index contributed by atoms with van der Waals surface area (Å²) in [6, 6.07) is 5.44. The van der Waals surface area contributed by atoms with E-state index in [1.807, 2.05) is 11.9 Å². The van der Waals surface area contributed by atoms with Crippen molar-refractivity contribution >= 4 is 23.2 Å². The molecule has 4 heteroatoms. The summed E-state index contributed by atoms with van der Waals surface area (Å²) in [6.45, 7) is 0. The predicted octanol–water partition coefficient (Wildman–Crippen LogP) is 3.33. The fraction of sp³-hybridized carbons (Fsp3) is 0.500. The topological polar surface area (TPSA) is 46.3 Å². The fourth-order valence-electron chi connectivity index (χ4n) is 2.50. The van der Waals surface area contributed by atoms with Crippen molar-refractivity contribution in [1.29, 1.82) is 0 Å². The summed E-state index contributed by atoms with van der Waals surface area (Å²) in [5.74, 6) is 0.0313. The van der Waals surface area contributed by atoms with Crippen molar-refractivity contribution in [2.24, 2.45) is 0 Å². The van der Waals surface area contributed by atoms with Crippen molar-refractivity contribution in [2.45, 2.75) is 38.1 Å². The van der Waals surface area contributed by atoms with Gasteiger partial charge in [-0.15, -0.1) is 0 Å². The van der Waals surface area contributed by atoms with Gasteiger partial charge in [-0.05, 0) is 31.0 Å². The molecule has 0 heterocycles. The van der Waals surface area contributed by atoms with Crippen LogP contribution >= 0.6 is 11.6 Å². The molecule has 1 aromatic rings. The van der Waals surface area contributed by atoms with Crippen LogP contribution in [0.15, 0.2) is 18.2 Å². The van der Waals surface area contributed by atoms with Gasteiger partial charge in [-0.25, -0.2) is 0 Å². The van der Waals surface area contributed by atoms with E-state index >= 15 is 0 Å². The number of halogens is 1. The van der Waals surface area contributed by atoms with Crippen molar-refractivity contribution in [3.05, 3.63) is 28.8 Å². The van der Waals surface area contributed by atoms with Crippen LogP contribution in [0.5, 0.6) is 0 Å². The first-order valence-electron chi connectivity index (χ1n) is 6.42. The maximum atomic E-state index is 12.3. The quantitative estimate of drug-likeness (QED) is 0.835. The van der Waals surface area contributed by atoms with Crippen LogP contribution in [-0.4, -0.2) is 23.9 Å². The number of benzene rings is 1. The second kappa shape index (κ2) is 5.61. The molecule has 2 rings (SSSR count). The molecule has 0 unspecified atom stereocenters. The molecule has 3 nitrogen and oxygen atoms in total. The number of nitrogen functional groups attached to an aromatic ring is 1. The molecule has 98 valence electrons. The third kappa shape index (κ3) is 2.78. The molecule has 0 atom stereocenters. The molecule has 0 radical (unpaired) electrons. The van der Waals surface area contributed by atoms with Gasteiger partial charge in [0.25, 0.3) is 5.91 Å². The zero-order chi connectivity index (χ0) is 13.1. The normalized spacial score (nSPS) is 16.6. The molecule has 1 fully saturated rings. The Kier molecular flexibility index (Phi) is 4.12. The third-order valence-electron chi connectivity index (χ3n) is 3.69. The van der Waals surface area contributed by atoms with Gasteiger partial charge in [-0.3, -0.25) is 4.79 Å². The Balaban J connectivity index is 2.11. The summed E-state index contributed by atoms with van der Waals surface area (Å²) in [7, 11) is 1.88. The number of nitrogens with two attached hydrogens (primary N) is 1. The smallest absolute Gasteiger partial charge is 0.253 e. The molecule has 1 aliphatic rings. The zero-order valence-corrected chi connectivity index (χ0v) is 11.4. The van der Waals surface area contributed by atoms with Crippen LogP contribution in [0.4, 0.5) is 5.69 Å². The molecule has 1 saturated carbocycles. The summed E-state index contributed by atoms with van der Waals surface area (Å²) in [5.41, 5.74) is 6.77. The van der Waals surface area contributed by atoms with Gasteiger partial charge in [0, 0.05) is 18.7 Å². The molecular formula is C14H19ClN2O. The minimum absolute atomic E-state index is 0.0313. The van der Waals surface area contributed by atoms with E-state index in [9.17, 15) is 4.79 Å². The number of carbonyl (C=O) groups is 1. The van der Waals surface area contributed by atoms with Gasteiger partial charge in [-0.1, -0.05) is 30.9 Å². The Labute approximate surface area is 113 Å². The third-order valence-corrected chi connectivity index (χ3v) is 4.02. The molecule has 1 aromatic carbocycles. The lowest BCUT2D eigenvalue weighted by atomic mass is 9.94. The number of nitrogens with zero attached hydrogens (tertiary/aromatic N) is 1. The number of carbonyl (C=O) groups excluding carboxylic acids is 1. The highest BCUT2D eigenvalue weighted by molar-refractivity contribution is 6.33. The molecule has 1 aliphatic carbocycles. The molecular weight excluding hydrogens is 248 g/mol. The van der Waals surface area contributed by atoms with E-state index < -0.39 is 0 Å². The number of anilines is 1. The van der Waals surface area contributed by atoms with E-state index in [-0.39, 0.29) is 5.91 Å². The molecule has 0 bridgehead atoms.